The predicted molar refractivity (Wildman–Crippen MR) is 101 cm³/mol. The van der Waals surface area contributed by atoms with Crippen LogP contribution in [-0.2, 0) is 0 Å². The number of benzene rings is 1. The lowest BCUT2D eigenvalue weighted by molar-refractivity contribution is 0.281. The van der Waals surface area contributed by atoms with Gasteiger partial charge in [-0.3, -0.25) is 0 Å². The molecule has 2 aromatic rings. The molecule has 2 rings (SSSR count). The van der Waals surface area contributed by atoms with Crippen molar-refractivity contribution < 1.29 is 4.42 Å². The molecule has 124 valence electrons. The summed E-state index contributed by atoms with van der Waals surface area (Å²) in [5.41, 5.74) is 0.820. The average Bonchev–Trinajstić information content (AvgIpc) is 3.03. The number of thiocarbonyl (C=S) groups is 1. The molecule has 0 fully saturated rings. The molecule has 1 heterocycles. The molecule has 0 aliphatic carbocycles. The lowest BCUT2D eigenvalue weighted by Gasteiger charge is -2.31. The van der Waals surface area contributed by atoms with Crippen molar-refractivity contribution in [3.8, 4) is 0 Å². The average molecular weight is 351 g/mol. The second-order valence-corrected chi connectivity index (χ2v) is 6.77. The topological polar surface area (TPSA) is 28.4 Å². The summed E-state index contributed by atoms with van der Waals surface area (Å²) in [7, 11) is 0. The number of hydrogen-bond acceptors (Lipinski definition) is 2. The Labute approximate surface area is 148 Å². The number of rotatable bonds is 6. The van der Waals surface area contributed by atoms with Crippen LogP contribution in [0.15, 0.2) is 47.1 Å². The highest BCUT2D eigenvalue weighted by atomic mass is 35.5. The minimum Gasteiger partial charge on any atom is -0.467 e. The smallest absolute Gasteiger partial charge is 0.174 e. The minimum atomic E-state index is 0.0613. The lowest BCUT2D eigenvalue weighted by Crippen LogP contribution is -2.38. The van der Waals surface area contributed by atoms with Gasteiger partial charge in [0.15, 0.2) is 5.11 Å². The van der Waals surface area contributed by atoms with E-state index >= 15 is 0 Å². The minimum absolute atomic E-state index is 0.0613. The fraction of sp³-hybridized carbons (Fsp3) is 0.389. The second kappa shape index (κ2) is 8.37. The van der Waals surface area contributed by atoms with Crippen LogP contribution in [0.3, 0.4) is 0 Å². The summed E-state index contributed by atoms with van der Waals surface area (Å²) >= 11 is 11.9. The molecule has 1 atom stereocenters. The zero-order valence-electron chi connectivity index (χ0n) is 13.8. The Kier molecular flexibility index (Phi) is 6.48. The molecule has 0 aliphatic heterocycles. The zero-order valence-corrected chi connectivity index (χ0v) is 15.3. The van der Waals surface area contributed by atoms with Gasteiger partial charge >= 0.3 is 0 Å². The quantitative estimate of drug-likeness (QED) is 0.672. The van der Waals surface area contributed by atoms with Crippen LogP contribution in [0.1, 0.15) is 39.0 Å². The largest absolute Gasteiger partial charge is 0.467 e. The van der Waals surface area contributed by atoms with Crippen LogP contribution in [0.4, 0.5) is 5.69 Å². The highest BCUT2D eigenvalue weighted by Crippen LogP contribution is 2.25. The molecular weight excluding hydrogens is 328 g/mol. The summed E-state index contributed by atoms with van der Waals surface area (Å²) in [5, 5.41) is 4.57. The van der Waals surface area contributed by atoms with Gasteiger partial charge in [-0.15, -0.1) is 0 Å². The fourth-order valence-electron chi connectivity index (χ4n) is 2.30. The Bertz CT molecular complexity index is 628. The normalized spacial score (nSPS) is 12.2. The van der Waals surface area contributed by atoms with E-state index < -0.39 is 0 Å². The maximum atomic E-state index is 6.22. The van der Waals surface area contributed by atoms with Gasteiger partial charge in [0.05, 0.1) is 23.0 Å². The van der Waals surface area contributed by atoms with Crippen LogP contribution < -0.4 is 5.32 Å². The van der Waals surface area contributed by atoms with Gasteiger partial charge < -0.3 is 14.6 Å². The van der Waals surface area contributed by atoms with E-state index in [-0.39, 0.29) is 6.04 Å². The van der Waals surface area contributed by atoms with E-state index in [0.29, 0.717) is 16.1 Å². The molecule has 1 aromatic carbocycles. The van der Waals surface area contributed by atoms with Crippen LogP contribution in [0.2, 0.25) is 5.02 Å². The number of anilines is 1. The van der Waals surface area contributed by atoms with Crippen LogP contribution >= 0.6 is 23.8 Å². The van der Waals surface area contributed by atoms with Gasteiger partial charge in [0.1, 0.15) is 5.76 Å². The van der Waals surface area contributed by atoms with Gasteiger partial charge in [-0.1, -0.05) is 37.6 Å². The Morgan fingerprint density at radius 2 is 1.96 bits per heavy atom. The molecule has 0 bridgehead atoms. The van der Waals surface area contributed by atoms with E-state index in [1.165, 1.54) is 0 Å². The second-order valence-electron chi connectivity index (χ2n) is 5.98. The SMILES string of the molecule is CC(C)CCN(C(=S)Nc1ccccc1Cl)[C@H](C)c1ccco1. The van der Waals surface area contributed by atoms with Crippen molar-refractivity contribution in [1.29, 1.82) is 0 Å². The Morgan fingerprint density at radius 1 is 1.22 bits per heavy atom. The molecule has 0 aliphatic rings. The summed E-state index contributed by atoms with van der Waals surface area (Å²) in [6.07, 6.45) is 2.74. The number of para-hydroxylation sites is 1. The van der Waals surface area contributed by atoms with E-state index in [1.54, 1.807) is 6.26 Å². The molecule has 1 aromatic heterocycles. The number of halogens is 1. The zero-order chi connectivity index (χ0) is 16.8. The van der Waals surface area contributed by atoms with Crippen molar-refractivity contribution in [3.63, 3.8) is 0 Å². The van der Waals surface area contributed by atoms with Crippen molar-refractivity contribution in [2.24, 2.45) is 5.92 Å². The first-order valence-corrected chi connectivity index (χ1v) is 8.63. The molecule has 23 heavy (non-hydrogen) atoms. The molecule has 0 spiro atoms. The molecular formula is C18H23ClN2OS. The number of nitrogens with one attached hydrogen (secondary N) is 1. The van der Waals surface area contributed by atoms with E-state index in [2.05, 4.69) is 31.0 Å². The first-order valence-electron chi connectivity index (χ1n) is 7.84. The number of furan rings is 1. The highest BCUT2D eigenvalue weighted by Gasteiger charge is 2.21. The summed E-state index contributed by atoms with van der Waals surface area (Å²) < 4.78 is 5.55. The molecule has 0 unspecified atom stereocenters. The van der Waals surface area contributed by atoms with Gasteiger partial charge in [0.2, 0.25) is 0 Å². The van der Waals surface area contributed by atoms with Crippen LogP contribution in [0.5, 0.6) is 0 Å². The van der Waals surface area contributed by atoms with E-state index in [4.69, 9.17) is 28.2 Å². The Balaban J connectivity index is 2.15. The van der Waals surface area contributed by atoms with Gasteiger partial charge in [0, 0.05) is 6.54 Å². The van der Waals surface area contributed by atoms with Crippen molar-refractivity contribution in [2.45, 2.75) is 33.2 Å². The summed E-state index contributed by atoms with van der Waals surface area (Å²) in [6.45, 7) is 7.37. The summed E-state index contributed by atoms with van der Waals surface area (Å²) in [4.78, 5) is 2.15. The van der Waals surface area contributed by atoms with Gasteiger partial charge in [-0.05, 0) is 55.7 Å². The maximum absolute atomic E-state index is 6.22. The van der Waals surface area contributed by atoms with E-state index in [1.807, 2.05) is 36.4 Å². The summed E-state index contributed by atoms with van der Waals surface area (Å²) in [5.74, 6) is 1.50. The maximum Gasteiger partial charge on any atom is 0.174 e. The Morgan fingerprint density at radius 3 is 2.57 bits per heavy atom. The molecule has 3 nitrogen and oxygen atoms in total. The molecule has 1 N–H and O–H groups in total. The number of nitrogens with zero attached hydrogens (tertiary/aromatic N) is 1. The third-order valence-electron chi connectivity index (χ3n) is 3.75. The van der Waals surface area contributed by atoms with Crippen molar-refractivity contribution >= 4 is 34.6 Å². The molecule has 0 saturated heterocycles. The van der Waals surface area contributed by atoms with Crippen LogP contribution in [-0.4, -0.2) is 16.6 Å². The predicted octanol–water partition coefficient (Wildman–Crippen LogP) is 5.74. The standard InChI is InChI=1S/C18H23ClN2OS/c1-13(2)10-11-21(14(3)17-9-6-12-22-17)18(23)20-16-8-5-4-7-15(16)19/h4-9,12-14H,10-11H2,1-3H3,(H,20,23)/t14-/m1/s1. The van der Waals surface area contributed by atoms with Crippen molar-refractivity contribution in [2.75, 3.05) is 11.9 Å². The third kappa shape index (κ3) is 4.98. The van der Waals surface area contributed by atoms with Crippen LogP contribution in [0.25, 0.3) is 0 Å². The van der Waals surface area contributed by atoms with Crippen molar-refractivity contribution in [3.05, 3.63) is 53.4 Å². The third-order valence-corrected chi connectivity index (χ3v) is 4.41. The molecule has 0 saturated carbocycles. The fourth-order valence-corrected chi connectivity index (χ4v) is 2.84. The first-order chi connectivity index (χ1) is 11.0. The monoisotopic (exact) mass is 350 g/mol. The van der Waals surface area contributed by atoms with Gasteiger partial charge in [-0.25, -0.2) is 0 Å². The van der Waals surface area contributed by atoms with E-state index in [0.717, 1.165) is 24.4 Å². The summed E-state index contributed by atoms with van der Waals surface area (Å²) in [6, 6.07) is 11.5. The van der Waals surface area contributed by atoms with Crippen molar-refractivity contribution in [1.82, 2.24) is 4.90 Å². The molecule has 0 radical (unpaired) electrons. The molecule has 0 amide bonds. The van der Waals surface area contributed by atoms with Gasteiger partial charge in [0.25, 0.3) is 0 Å². The first kappa shape index (κ1) is 17.8. The van der Waals surface area contributed by atoms with E-state index in [9.17, 15) is 0 Å². The van der Waals surface area contributed by atoms with Crippen LogP contribution in [0, 0.1) is 5.92 Å². The Hall–Kier alpha value is -1.52. The molecule has 5 heteroatoms. The number of hydrogen-bond donors (Lipinski definition) is 1. The van der Waals surface area contributed by atoms with Gasteiger partial charge in [-0.2, -0.15) is 0 Å². The highest BCUT2D eigenvalue weighted by molar-refractivity contribution is 7.80. The lowest BCUT2D eigenvalue weighted by atomic mass is 10.1.